The second kappa shape index (κ2) is 44.7. The van der Waals surface area contributed by atoms with Crippen molar-refractivity contribution in [2.24, 2.45) is 0 Å². The van der Waals surface area contributed by atoms with Gasteiger partial charge in [0.05, 0.1) is 18.8 Å². The molecule has 4 heteroatoms. The highest BCUT2D eigenvalue weighted by atomic mass is 16.3. The fourth-order valence-electron chi connectivity index (χ4n) is 6.20. The Kier molecular flexibility index (Phi) is 42.5. The van der Waals surface area contributed by atoms with Gasteiger partial charge in [0.1, 0.15) is 0 Å². The van der Waals surface area contributed by atoms with Gasteiger partial charge in [-0.05, 0) is 77.0 Å². The molecule has 0 aliphatic carbocycles. The summed E-state index contributed by atoms with van der Waals surface area (Å²) in [4.78, 5) is 12.4. The highest BCUT2D eigenvalue weighted by molar-refractivity contribution is 5.76. The Bertz CT molecular complexity index is 1030. The standard InChI is InChI=1S/C50H85NO3/c1-3-5-7-9-11-13-14-15-16-17-18-19-20-21-22-23-24-25-26-27-28-29-30-31-32-33-34-35-36-38-40-42-44-46-50(54)51-48(47-52)49(53)45-43-41-39-37-12-10-8-6-4-2/h5,7,11,13,15-16,18-19,21-22,24-25,27-28,30-31,48-49,52-53H,3-4,6,8-10,12,14,17,20,23,26,29,32-47H2,1-2H3,(H,51,54)/b7-5-,13-11-,16-15-,19-18-,22-21-,25-24-,28-27-,31-30-. The molecule has 54 heavy (non-hydrogen) atoms. The molecule has 308 valence electrons. The number of aliphatic hydroxyl groups is 2. The van der Waals surface area contributed by atoms with Crippen LogP contribution in [-0.4, -0.2) is 34.9 Å². The van der Waals surface area contributed by atoms with Crippen molar-refractivity contribution in [1.82, 2.24) is 5.32 Å². The van der Waals surface area contributed by atoms with E-state index in [1.165, 1.54) is 89.9 Å². The molecule has 0 aromatic rings. The van der Waals surface area contributed by atoms with Crippen molar-refractivity contribution in [1.29, 1.82) is 0 Å². The Morgan fingerprint density at radius 2 is 0.815 bits per heavy atom. The smallest absolute Gasteiger partial charge is 0.220 e. The number of hydrogen-bond acceptors (Lipinski definition) is 3. The zero-order chi connectivity index (χ0) is 39.3. The molecule has 2 atom stereocenters. The predicted molar refractivity (Wildman–Crippen MR) is 239 cm³/mol. The molecule has 0 saturated heterocycles. The molecule has 4 nitrogen and oxygen atoms in total. The third-order valence-corrected chi connectivity index (χ3v) is 9.61. The quantitative estimate of drug-likeness (QED) is 0.0433. The fourth-order valence-corrected chi connectivity index (χ4v) is 6.20. The molecule has 0 heterocycles. The van der Waals surface area contributed by atoms with Gasteiger partial charge in [-0.3, -0.25) is 4.79 Å². The van der Waals surface area contributed by atoms with Gasteiger partial charge in [0, 0.05) is 6.42 Å². The summed E-state index contributed by atoms with van der Waals surface area (Å²) in [5.41, 5.74) is 0. The Balaban J connectivity index is 3.60. The van der Waals surface area contributed by atoms with Crippen molar-refractivity contribution in [3.63, 3.8) is 0 Å². The van der Waals surface area contributed by atoms with E-state index in [1.807, 2.05) is 0 Å². The lowest BCUT2D eigenvalue weighted by Crippen LogP contribution is -2.45. The van der Waals surface area contributed by atoms with Crippen molar-refractivity contribution in [2.75, 3.05) is 6.61 Å². The van der Waals surface area contributed by atoms with Crippen LogP contribution >= 0.6 is 0 Å². The van der Waals surface area contributed by atoms with E-state index in [4.69, 9.17) is 0 Å². The monoisotopic (exact) mass is 748 g/mol. The summed E-state index contributed by atoms with van der Waals surface area (Å²) in [6.07, 6.45) is 66.3. The number of allylic oxidation sites excluding steroid dienone is 16. The first-order valence-corrected chi connectivity index (χ1v) is 22.4. The fraction of sp³-hybridized carbons (Fsp3) is 0.660. The van der Waals surface area contributed by atoms with Crippen LogP contribution in [0.15, 0.2) is 97.2 Å². The van der Waals surface area contributed by atoms with Crippen LogP contribution in [0.5, 0.6) is 0 Å². The van der Waals surface area contributed by atoms with Gasteiger partial charge in [0.15, 0.2) is 0 Å². The minimum atomic E-state index is -0.666. The van der Waals surface area contributed by atoms with Crippen molar-refractivity contribution in [3.05, 3.63) is 97.2 Å². The first-order valence-electron chi connectivity index (χ1n) is 22.4. The van der Waals surface area contributed by atoms with Gasteiger partial charge >= 0.3 is 0 Å². The summed E-state index contributed by atoms with van der Waals surface area (Å²) in [5, 5.41) is 23.0. The molecule has 0 radical (unpaired) electrons. The molecule has 0 bridgehead atoms. The molecule has 0 fully saturated rings. The van der Waals surface area contributed by atoms with E-state index in [9.17, 15) is 15.0 Å². The number of nitrogens with one attached hydrogen (secondary N) is 1. The van der Waals surface area contributed by atoms with E-state index in [-0.39, 0.29) is 12.5 Å². The highest BCUT2D eigenvalue weighted by Gasteiger charge is 2.19. The lowest BCUT2D eigenvalue weighted by molar-refractivity contribution is -0.123. The Morgan fingerprint density at radius 3 is 1.22 bits per heavy atom. The van der Waals surface area contributed by atoms with Crippen molar-refractivity contribution < 1.29 is 15.0 Å². The zero-order valence-electron chi connectivity index (χ0n) is 35.2. The van der Waals surface area contributed by atoms with Gasteiger partial charge < -0.3 is 15.5 Å². The van der Waals surface area contributed by atoms with E-state index >= 15 is 0 Å². The first-order chi connectivity index (χ1) is 26.7. The molecule has 0 saturated carbocycles. The van der Waals surface area contributed by atoms with Crippen molar-refractivity contribution in [2.45, 2.75) is 206 Å². The maximum Gasteiger partial charge on any atom is 0.220 e. The molecule has 0 aliphatic heterocycles. The number of carbonyl (C=O) groups is 1. The summed E-state index contributed by atoms with van der Waals surface area (Å²) in [6, 6.07) is -0.545. The zero-order valence-corrected chi connectivity index (χ0v) is 35.2. The molecule has 0 aromatic heterocycles. The van der Waals surface area contributed by atoms with E-state index in [0.717, 1.165) is 77.0 Å². The number of rotatable bonds is 39. The van der Waals surface area contributed by atoms with Crippen LogP contribution in [0, 0.1) is 0 Å². The highest BCUT2D eigenvalue weighted by Crippen LogP contribution is 2.14. The van der Waals surface area contributed by atoms with Gasteiger partial charge in [-0.2, -0.15) is 0 Å². The predicted octanol–water partition coefficient (Wildman–Crippen LogP) is 14.2. The van der Waals surface area contributed by atoms with Crippen LogP contribution in [0.1, 0.15) is 194 Å². The molecule has 3 N–H and O–H groups in total. The number of amides is 1. The topological polar surface area (TPSA) is 69.6 Å². The minimum absolute atomic E-state index is 0.0476. The molecule has 0 aromatic carbocycles. The molecule has 0 spiro atoms. The van der Waals surface area contributed by atoms with Gasteiger partial charge in [-0.1, -0.05) is 207 Å². The van der Waals surface area contributed by atoms with Crippen LogP contribution in [0.25, 0.3) is 0 Å². The lowest BCUT2D eigenvalue weighted by Gasteiger charge is -2.22. The average molecular weight is 748 g/mol. The maximum atomic E-state index is 12.4. The Labute approximate surface area is 334 Å². The molecular formula is C50H85NO3. The van der Waals surface area contributed by atoms with Crippen LogP contribution in [-0.2, 0) is 4.79 Å². The van der Waals surface area contributed by atoms with E-state index in [2.05, 4.69) is 116 Å². The molecule has 0 aliphatic rings. The summed E-state index contributed by atoms with van der Waals surface area (Å²) < 4.78 is 0. The summed E-state index contributed by atoms with van der Waals surface area (Å²) in [7, 11) is 0. The second-order valence-electron chi connectivity index (χ2n) is 14.7. The number of hydrogen-bond donors (Lipinski definition) is 3. The molecule has 0 rings (SSSR count). The third-order valence-electron chi connectivity index (χ3n) is 9.61. The minimum Gasteiger partial charge on any atom is -0.394 e. The van der Waals surface area contributed by atoms with Crippen LogP contribution < -0.4 is 5.32 Å². The summed E-state index contributed by atoms with van der Waals surface area (Å²) in [5.74, 6) is -0.0476. The first kappa shape index (κ1) is 51.3. The molecule has 2 unspecified atom stereocenters. The number of unbranched alkanes of at least 4 members (excludes halogenated alkanes) is 16. The second-order valence-corrected chi connectivity index (χ2v) is 14.7. The van der Waals surface area contributed by atoms with Crippen molar-refractivity contribution >= 4 is 5.91 Å². The summed E-state index contributed by atoms with van der Waals surface area (Å²) >= 11 is 0. The van der Waals surface area contributed by atoms with Crippen LogP contribution in [0.2, 0.25) is 0 Å². The van der Waals surface area contributed by atoms with Gasteiger partial charge in [0.25, 0.3) is 0 Å². The maximum absolute atomic E-state index is 12.4. The van der Waals surface area contributed by atoms with Crippen molar-refractivity contribution in [3.8, 4) is 0 Å². The largest absolute Gasteiger partial charge is 0.394 e. The van der Waals surface area contributed by atoms with E-state index < -0.39 is 12.1 Å². The molecular weight excluding hydrogens is 663 g/mol. The third kappa shape index (κ3) is 40.5. The average Bonchev–Trinajstić information content (AvgIpc) is 3.18. The van der Waals surface area contributed by atoms with Gasteiger partial charge in [-0.15, -0.1) is 0 Å². The van der Waals surface area contributed by atoms with Gasteiger partial charge in [-0.25, -0.2) is 0 Å². The van der Waals surface area contributed by atoms with Crippen LogP contribution in [0.4, 0.5) is 0 Å². The van der Waals surface area contributed by atoms with Gasteiger partial charge in [0.2, 0.25) is 5.91 Å². The summed E-state index contributed by atoms with van der Waals surface area (Å²) in [6.45, 7) is 4.20. The Morgan fingerprint density at radius 1 is 0.463 bits per heavy atom. The van der Waals surface area contributed by atoms with E-state index in [1.54, 1.807) is 0 Å². The number of carbonyl (C=O) groups excluding carboxylic acids is 1. The lowest BCUT2D eigenvalue weighted by atomic mass is 10.0. The Hall–Kier alpha value is -2.69. The SMILES string of the molecule is CC/C=C\C/C=C\C/C=C\C/C=C\C/C=C\C/C=C\C/C=C\C/C=C\CCCCCCCCCCC(=O)NC(CO)C(O)CCCCCCCCCCC. The molecule has 1 amide bonds. The van der Waals surface area contributed by atoms with Crippen LogP contribution in [0.3, 0.4) is 0 Å². The number of aliphatic hydroxyl groups excluding tert-OH is 2. The normalized spacial score (nSPS) is 13.9. The van der Waals surface area contributed by atoms with E-state index in [0.29, 0.717) is 12.8 Å².